The zero-order valence-electron chi connectivity index (χ0n) is 11.3. The lowest BCUT2D eigenvalue weighted by molar-refractivity contribution is -0.138. The van der Waals surface area contributed by atoms with Crippen LogP contribution in [0.1, 0.15) is 12.5 Å². The highest BCUT2D eigenvalue weighted by molar-refractivity contribution is 5.76. The van der Waals surface area contributed by atoms with Crippen molar-refractivity contribution >= 4 is 17.6 Å². The number of amides is 1. The van der Waals surface area contributed by atoms with Crippen LogP contribution in [0.25, 0.3) is 0 Å². The Kier molecular flexibility index (Phi) is 5.66. The van der Waals surface area contributed by atoms with E-state index in [4.69, 9.17) is 4.74 Å². The van der Waals surface area contributed by atoms with Crippen molar-refractivity contribution in [3.63, 3.8) is 0 Å². The zero-order valence-corrected chi connectivity index (χ0v) is 11.3. The van der Waals surface area contributed by atoms with Crippen LogP contribution in [0, 0.1) is 0 Å². The minimum atomic E-state index is -0.357. The van der Waals surface area contributed by atoms with Gasteiger partial charge in [0.15, 0.2) is 0 Å². The first-order valence-electron chi connectivity index (χ1n) is 5.79. The Morgan fingerprint density at radius 2 is 2.00 bits per heavy atom. The molecule has 0 bridgehead atoms. The van der Waals surface area contributed by atoms with E-state index in [-0.39, 0.29) is 18.4 Å². The Morgan fingerprint density at radius 1 is 1.26 bits per heavy atom. The highest BCUT2D eigenvalue weighted by Crippen LogP contribution is 2.25. The second-order valence-corrected chi connectivity index (χ2v) is 3.87. The predicted octanol–water partition coefficient (Wildman–Crippen LogP) is 0.916. The first-order chi connectivity index (χ1) is 9.06. The molecule has 1 rings (SSSR count). The number of esters is 1. The lowest BCUT2D eigenvalue weighted by Gasteiger charge is -2.12. The number of benzene rings is 1. The summed E-state index contributed by atoms with van der Waals surface area (Å²) in [4.78, 5) is 21.9. The first-order valence-corrected chi connectivity index (χ1v) is 5.79. The maximum atomic E-state index is 11.1. The van der Waals surface area contributed by atoms with E-state index < -0.39 is 0 Å². The summed E-state index contributed by atoms with van der Waals surface area (Å²) in [5.74, 6) is 0.156. The minimum Gasteiger partial charge on any atom is -0.495 e. The average Bonchev–Trinajstić information content (AvgIpc) is 2.42. The molecule has 1 amide bonds. The van der Waals surface area contributed by atoms with Gasteiger partial charge >= 0.3 is 5.97 Å². The van der Waals surface area contributed by atoms with Crippen LogP contribution in [0.2, 0.25) is 0 Å². The van der Waals surface area contributed by atoms with Gasteiger partial charge in [0, 0.05) is 13.5 Å². The number of hydrogen-bond donors (Lipinski definition) is 2. The van der Waals surface area contributed by atoms with E-state index in [1.807, 2.05) is 6.07 Å². The monoisotopic (exact) mass is 266 g/mol. The molecule has 0 spiro atoms. The maximum Gasteiger partial charge on any atom is 0.325 e. The van der Waals surface area contributed by atoms with E-state index in [9.17, 15) is 9.59 Å². The molecule has 2 N–H and O–H groups in total. The van der Waals surface area contributed by atoms with Crippen molar-refractivity contribution in [3.8, 4) is 5.75 Å². The van der Waals surface area contributed by atoms with E-state index in [0.29, 0.717) is 18.0 Å². The third-order valence-corrected chi connectivity index (χ3v) is 2.46. The molecular weight excluding hydrogens is 248 g/mol. The van der Waals surface area contributed by atoms with Crippen molar-refractivity contribution in [1.29, 1.82) is 0 Å². The molecule has 19 heavy (non-hydrogen) atoms. The summed E-state index contributed by atoms with van der Waals surface area (Å²) < 4.78 is 9.78. The Morgan fingerprint density at radius 3 is 2.58 bits per heavy atom. The fourth-order valence-electron chi connectivity index (χ4n) is 1.46. The summed E-state index contributed by atoms with van der Waals surface area (Å²) in [6.45, 7) is 1.96. The summed E-state index contributed by atoms with van der Waals surface area (Å²) in [5.41, 5.74) is 1.61. The van der Waals surface area contributed by atoms with Crippen LogP contribution in [0.5, 0.6) is 5.75 Å². The van der Waals surface area contributed by atoms with E-state index in [1.165, 1.54) is 14.0 Å². The van der Waals surface area contributed by atoms with Gasteiger partial charge in [0.25, 0.3) is 0 Å². The smallest absolute Gasteiger partial charge is 0.325 e. The number of nitrogens with one attached hydrogen (secondary N) is 2. The number of methoxy groups -OCH3 is 2. The third kappa shape index (κ3) is 4.87. The van der Waals surface area contributed by atoms with E-state index >= 15 is 0 Å². The van der Waals surface area contributed by atoms with Crippen molar-refractivity contribution in [3.05, 3.63) is 23.8 Å². The number of rotatable bonds is 6. The molecule has 0 aromatic heterocycles. The molecule has 1 aromatic rings. The van der Waals surface area contributed by atoms with Crippen molar-refractivity contribution in [1.82, 2.24) is 5.32 Å². The average molecular weight is 266 g/mol. The van der Waals surface area contributed by atoms with Crippen LogP contribution in [-0.4, -0.2) is 32.6 Å². The van der Waals surface area contributed by atoms with Crippen molar-refractivity contribution in [2.45, 2.75) is 13.5 Å². The summed E-state index contributed by atoms with van der Waals surface area (Å²) in [5, 5.41) is 5.62. The zero-order chi connectivity index (χ0) is 14.3. The molecule has 1 aromatic carbocycles. The highest BCUT2D eigenvalue weighted by atomic mass is 16.5. The molecule has 0 unspecified atom stereocenters. The molecule has 0 radical (unpaired) electrons. The summed E-state index contributed by atoms with van der Waals surface area (Å²) in [6, 6.07) is 5.44. The molecule has 0 aliphatic rings. The van der Waals surface area contributed by atoms with Crippen molar-refractivity contribution in [2.24, 2.45) is 0 Å². The minimum absolute atomic E-state index is 0.0674. The molecule has 0 aliphatic heterocycles. The third-order valence-electron chi connectivity index (χ3n) is 2.46. The maximum absolute atomic E-state index is 11.1. The van der Waals surface area contributed by atoms with Gasteiger partial charge in [0.2, 0.25) is 5.91 Å². The summed E-state index contributed by atoms with van der Waals surface area (Å²) >= 11 is 0. The molecule has 0 fully saturated rings. The molecule has 6 nitrogen and oxygen atoms in total. The molecule has 0 saturated carbocycles. The summed E-state index contributed by atoms with van der Waals surface area (Å²) in [7, 11) is 2.87. The van der Waals surface area contributed by atoms with Crippen LogP contribution in [0.3, 0.4) is 0 Å². The number of hydrogen-bond acceptors (Lipinski definition) is 5. The Balaban J connectivity index is 2.72. The molecule has 0 aliphatic carbocycles. The van der Waals surface area contributed by atoms with Crippen molar-refractivity contribution in [2.75, 3.05) is 26.1 Å². The topological polar surface area (TPSA) is 76.7 Å². The van der Waals surface area contributed by atoms with Gasteiger partial charge in [-0.1, -0.05) is 6.07 Å². The molecule has 0 atom stereocenters. The lowest BCUT2D eigenvalue weighted by atomic mass is 10.2. The fourth-order valence-corrected chi connectivity index (χ4v) is 1.46. The molecule has 0 heterocycles. The fraction of sp³-hybridized carbons (Fsp3) is 0.385. The van der Waals surface area contributed by atoms with Crippen LogP contribution >= 0.6 is 0 Å². The number of anilines is 1. The van der Waals surface area contributed by atoms with Crippen LogP contribution in [0.4, 0.5) is 5.69 Å². The first kappa shape index (κ1) is 14.8. The normalized spacial score (nSPS) is 9.63. The van der Waals surface area contributed by atoms with Gasteiger partial charge in [-0.05, 0) is 17.7 Å². The van der Waals surface area contributed by atoms with Crippen LogP contribution < -0.4 is 15.4 Å². The molecule has 0 saturated heterocycles. The summed E-state index contributed by atoms with van der Waals surface area (Å²) in [6.07, 6.45) is 0. The Bertz CT molecular complexity index is 460. The van der Waals surface area contributed by atoms with Crippen LogP contribution in [0.15, 0.2) is 18.2 Å². The van der Waals surface area contributed by atoms with Gasteiger partial charge in [0.05, 0.1) is 19.9 Å². The van der Waals surface area contributed by atoms with Crippen molar-refractivity contribution < 1.29 is 19.1 Å². The van der Waals surface area contributed by atoms with Gasteiger partial charge in [-0.3, -0.25) is 9.59 Å². The van der Waals surface area contributed by atoms with Crippen LogP contribution in [-0.2, 0) is 20.9 Å². The second-order valence-electron chi connectivity index (χ2n) is 3.87. The van der Waals surface area contributed by atoms with Gasteiger partial charge in [0.1, 0.15) is 12.3 Å². The lowest BCUT2D eigenvalue weighted by Crippen LogP contribution is -2.19. The van der Waals surface area contributed by atoms with Gasteiger partial charge in [-0.15, -0.1) is 0 Å². The quantitative estimate of drug-likeness (QED) is 0.749. The Labute approximate surface area is 112 Å². The van der Waals surface area contributed by atoms with Gasteiger partial charge < -0.3 is 20.1 Å². The largest absolute Gasteiger partial charge is 0.495 e. The molecule has 104 valence electrons. The van der Waals surface area contributed by atoms with E-state index in [2.05, 4.69) is 15.4 Å². The van der Waals surface area contributed by atoms with Gasteiger partial charge in [-0.2, -0.15) is 0 Å². The highest BCUT2D eigenvalue weighted by Gasteiger charge is 2.07. The number of carbonyl (C=O) groups excluding carboxylic acids is 2. The van der Waals surface area contributed by atoms with Gasteiger partial charge in [-0.25, -0.2) is 0 Å². The molecule has 6 heteroatoms. The molecular formula is C13H18N2O4. The SMILES string of the molecule is COC(=O)CNc1ccc(CNC(C)=O)cc1OC. The Hall–Kier alpha value is -2.24. The van der Waals surface area contributed by atoms with E-state index in [0.717, 1.165) is 5.56 Å². The number of carbonyl (C=O) groups is 2. The standard InChI is InChI=1S/C13H18N2O4/c1-9(16)14-7-10-4-5-11(12(6-10)18-2)15-8-13(17)19-3/h4-6,15H,7-8H2,1-3H3,(H,14,16). The second kappa shape index (κ2) is 7.25. The number of ether oxygens (including phenoxy) is 2. The predicted molar refractivity (Wildman–Crippen MR) is 71.0 cm³/mol. The van der Waals surface area contributed by atoms with E-state index in [1.54, 1.807) is 19.2 Å².